The predicted octanol–water partition coefficient (Wildman–Crippen LogP) is 2.72. The van der Waals surface area contributed by atoms with Crippen LogP contribution in [0.1, 0.15) is 36.0 Å². The summed E-state index contributed by atoms with van der Waals surface area (Å²) in [6.07, 6.45) is 3.97. The average Bonchev–Trinajstić information content (AvgIpc) is 2.82. The number of benzene rings is 1. The summed E-state index contributed by atoms with van der Waals surface area (Å²) in [6, 6.07) is 5.33. The first-order valence-electron chi connectivity index (χ1n) is 7.58. The molecule has 1 saturated heterocycles. The van der Waals surface area contributed by atoms with Gasteiger partial charge in [-0.15, -0.1) is 0 Å². The maximum absolute atomic E-state index is 12.6. The van der Waals surface area contributed by atoms with Gasteiger partial charge in [0.05, 0.1) is 4.92 Å². The fourth-order valence-corrected chi connectivity index (χ4v) is 2.82. The Balaban J connectivity index is 2.02. The third kappa shape index (κ3) is 3.08. The van der Waals surface area contributed by atoms with Gasteiger partial charge in [-0.25, -0.2) is 4.79 Å². The number of non-ortho nitro benzene ring substituents is 1. The van der Waals surface area contributed by atoms with Crippen molar-refractivity contribution in [3.8, 4) is 0 Å². The second-order valence-corrected chi connectivity index (χ2v) is 5.63. The number of carbonyl (C=O) groups excluding carboxylic acids is 1. The van der Waals surface area contributed by atoms with E-state index in [1.165, 1.54) is 24.3 Å². The van der Waals surface area contributed by atoms with Crippen molar-refractivity contribution in [1.82, 2.24) is 4.90 Å². The van der Waals surface area contributed by atoms with Crippen LogP contribution in [0.25, 0.3) is 11.0 Å². The van der Waals surface area contributed by atoms with E-state index in [9.17, 15) is 19.7 Å². The van der Waals surface area contributed by atoms with Gasteiger partial charge in [-0.3, -0.25) is 14.9 Å². The molecule has 0 atom stereocenters. The zero-order valence-corrected chi connectivity index (χ0v) is 12.5. The molecule has 23 heavy (non-hydrogen) atoms. The molecule has 0 spiro atoms. The molecule has 1 aliphatic heterocycles. The zero-order chi connectivity index (χ0) is 16.4. The highest BCUT2D eigenvalue weighted by Gasteiger charge is 2.22. The van der Waals surface area contributed by atoms with E-state index in [0.29, 0.717) is 18.5 Å². The Morgan fingerprint density at radius 3 is 2.48 bits per heavy atom. The van der Waals surface area contributed by atoms with Gasteiger partial charge in [0.15, 0.2) is 0 Å². The van der Waals surface area contributed by atoms with Crippen LogP contribution in [0.2, 0.25) is 0 Å². The van der Waals surface area contributed by atoms with E-state index in [-0.39, 0.29) is 22.7 Å². The molecule has 0 saturated carbocycles. The van der Waals surface area contributed by atoms with E-state index in [0.717, 1.165) is 25.7 Å². The maximum Gasteiger partial charge on any atom is 0.349 e. The van der Waals surface area contributed by atoms with Crippen LogP contribution in [0.5, 0.6) is 0 Å². The van der Waals surface area contributed by atoms with Crippen molar-refractivity contribution in [3.05, 3.63) is 50.4 Å². The van der Waals surface area contributed by atoms with E-state index in [1.54, 1.807) is 4.90 Å². The molecule has 0 N–H and O–H groups in total. The summed E-state index contributed by atoms with van der Waals surface area (Å²) in [4.78, 5) is 36.6. The first-order valence-corrected chi connectivity index (χ1v) is 7.58. The monoisotopic (exact) mass is 316 g/mol. The fourth-order valence-electron chi connectivity index (χ4n) is 2.82. The maximum atomic E-state index is 12.6. The number of nitrogens with zero attached hydrogens (tertiary/aromatic N) is 2. The van der Waals surface area contributed by atoms with Crippen LogP contribution in [0.4, 0.5) is 5.69 Å². The Bertz CT molecular complexity index is 819. The lowest BCUT2D eigenvalue weighted by Gasteiger charge is -2.19. The molecular formula is C16H16N2O5. The van der Waals surface area contributed by atoms with Gasteiger partial charge >= 0.3 is 5.63 Å². The van der Waals surface area contributed by atoms with Crippen molar-refractivity contribution in [2.45, 2.75) is 25.7 Å². The molecule has 7 nitrogen and oxygen atoms in total. The third-order valence-electron chi connectivity index (χ3n) is 4.05. The van der Waals surface area contributed by atoms with E-state index < -0.39 is 10.5 Å². The van der Waals surface area contributed by atoms with Crippen molar-refractivity contribution >= 4 is 22.6 Å². The van der Waals surface area contributed by atoms with Crippen molar-refractivity contribution in [1.29, 1.82) is 0 Å². The summed E-state index contributed by atoms with van der Waals surface area (Å²) in [5.74, 6) is -0.367. The van der Waals surface area contributed by atoms with Crippen LogP contribution < -0.4 is 5.63 Å². The van der Waals surface area contributed by atoms with Gasteiger partial charge in [-0.05, 0) is 25.0 Å². The van der Waals surface area contributed by atoms with Crippen molar-refractivity contribution in [2.75, 3.05) is 13.1 Å². The number of nitro benzene ring substituents is 1. The van der Waals surface area contributed by atoms with Crippen molar-refractivity contribution < 1.29 is 14.1 Å². The van der Waals surface area contributed by atoms with Gasteiger partial charge in [0, 0.05) is 30.6 Å². The molecule has 0 bridgehead atoms. The van der Waals surface area contributed by atoms with Gasteiger partial charge in [-0.1, -0.05) is 12.8 Å². The molecule has 1 fully saturated rings. The Morgan fingerprint density at radius 1 is 1.13 bits per heavy atom. The Labute approximate surface area is 131 Å². The predicted molar refractivity (Wildman–Crippen MR) is 83.5 cm³/mol. The average molecular weight is 316 g/mol. The third-order valence-corrected chi connectivity index (χ3v) is 4.05. The molecule has 2 heterocycles. The lowest BCUT2D eigenvalue weighted by atomic mass is 10.1. The lowest BCUT2D eigenvalue weighted by Crippen LogP contribution is -2.34. The van der Waals surface area contributed by atoms with Crippen LogP contribution in [0.3, 0.4) is 0 Å². The molecular weight excluding hydrogens is 300 g/mol. The van der Waals surface area contributed by atoms with E-state index in [4.69, 9.17) is 4.42 Å². The number of carbonyl (C=O) groups is 1. The molecule has 120 valence electrons. The second-order valence-electron chi connectivity index (χ2n) is 5.63. The van der Waals surface area contributed by atoms with Crippen LogP contribution in [0, 0.1) is 10.1 Å². The lowest BCUT2D eigenvalue weighted by molar-refractivity contribution is -0.384. The van der Waals surface area contributed by atoms with Crippen LogP contribution >= 0.6 is 0 Å². The van der Waals surface area contributed by atoms with Crippen molar-refractivity contribution in [3.63, 3.8) is 0 Å². The topological polar surface area (TPSA) is 93.7 Å². The molecule has 2 aromatic rings. The second kappa shape index (κ2) is 6.20. The highest BCUT2D eigenvalue weighted by Crippen LogP contribution is 2.21. The summed E-state index contributed by atoms with van der Waals surface area (Å²) < 4.78 is 5.15. The number of rotatable bonds is 2. The molecule has 7 heteroatoms. The van der Waals surface area contributed by atoms with Gasteiger partial charge < -0.3 is 9.32 Å². The molecule has 3 rings (SSSR count). The quantitative estimate of drug-likeness (QED) is 0.482. The van der Waals surface area contributed by atoms with Crippen LogP contribution in [0.15, 0.2) is 33.5 Å². The minimum atomic E-state index is -0.708. The van der Waals surface area contributed by atoms with Gasteiger partial charge in [0.2, 0.25) is 0 Å². The largest absolute Gasteiger partial charge is 0.422 e. The van der Waals surface area contributed by atoms with Gasteiger partial charge in [0.1, 0.15) is 11.1 Å². The van der Waals surface area contributed by atoms with E-state index in [1.807, 2.05) is 0 Å². The Hall–Kier alpha value is -2.70. The SMILES string of the molecule is O=C(c1cc2cc([N+](=O)[O-])ccc2oc1=O)N1CCCCCC1. The molecule has 1 aromatic heterocycles. The molecule has 0 radical (unpaired) electrons. The van der Waals surface area contributed by atoms with Crippen LogP contribution in [-0.4, -0.2) is 28.8 Å². The molecule has 1 aromatic carbocycles. The zero-order valence-electron chi connectivity index (χ0n) is 12.5. The molecule has 0 aliphatic carbocycles. The number of hydrogen-bond donors (Lipinski definition) is 0. The molecule has 1 amide bonds. The number of fused-ring (bicyclic) bond motifs is 1. The standard InChI is InChI=1S/C16H16N2O5/c19-15(17-7-3-1-2-4-8-17)13-10-11-9-12(18(21)22)5-6-14(11)23-16(13)20/h5-6,9-10H,1-4,7-8H2. The highest BCUT2D eigenvalue weighted by atomic mass is 16.6. The fraction of sp³-hybridized carbons (Fsp3) is 0.375. The normalized spacial score (nSPS) is 15.4. The summed E-state index contributed by atoms with van der Waals surface area (Å²) in [6.45, 7) is 1.23. The minimum Gasteiger partial charge on any atom is -0.422 e. The minimum absolute atomic E-state index is 0.0695. The molecule has 1 aliphatic rings. The number of nitro groups is 1. The van der Waals surface area contributed by atoms with E-state index in [2.05, 4.69) is 0 Å². The number of likely N-dealkylation sites (tertiary alicyclic amines) is 1. The van der Waals surface area contributed by atoms with Gasteiger partial charge in [-0.2, -0.15) is 0 Å². The number of hydrogen-bond acceptors (Lipinski definition) is 5. The Kier molecular flexibility index (Phi) is 4.10. The summed E-state index contributed by atoms with van der Waals surface area (Å²) in [5, 5.41) is 11.2. The molecule has 0 unspecified atom stereocenters. The van der Waals surface area contributed by atoms with Crippen molar-refractivity contribution in [2.24, 2.45) is 0 Å². The highest BCUT2D eigenvalue weighted by molar-refractivity contribution is 5.97. The van der Waals surface area contributed by atoms with Gasteiger partial charge in [0.25, 0.3) is 11.6 Å². The smallest absolute Gasteiger partial charge is 0.349 e. The summed E-state index contributed by atoms with van der Waals surface area (Å²) in [5.41, 5.74) is -0.659. The number of amides is 1. The Morgan fingerprint density at radius 2 is 1.83 bits per heavy atom. The van der Waals surface area contributed by atoms with Crippen LogP contribution in [-0.2, 0) is 0 Å². The summed E-state index contributed by atoms with van der Waals surface area (Å²) >= 11 is 0. The van der Waals surface area contributed by atoms with E-state index >= 15 is 0 Å². The first kappa shape index (κ1) is 15.2. The first-order chi connectivity index (χ1) is 11.1. The summed E-state index contributed by atoms with van der Waals surface area (Å²) in [7, 11) is 0.